The number of nitrogens with zero attached hydrogens (tertiary/aromatic N) is 10. The SMILES string of the molecule is CO[C@@H]1[C@H](OP(=O)(O)OC[C@H]2O[C@@H](n3cnc4c(=O)[nH]c(N)nc43)[C@H](O)[C@@H]2O)[C@@H](COP(=O)(O)OP(=O)(O)OP(=O)(O)OC[C@H]2O[C@@H]([n+]3cn(C)c4c(=O)[nH]c(N)nc43)[C@H](O)[C@@H]2OC(=O)C(C)(C)C)O[C@H]1n1cnc2c(N)ncnc21. The normalized spacial score (nSPS) is 29.2. The molecule has 9 heterocycles. The fourth-order valence-electron chi connectivity index (χ4n) is 8.72. The smallest absolute Gasteiger partial charge is 0.456 e. The lowest BCUT2D eigenvalue weighted by molar-refractivity contribution is -0.745. The van der Waals surface area contributed by atoms with E-state index in [9.17, 15) is 67.5 Å². The molecule has 0 aliphatic carbocycles. The highest BCUT2D eigenvalue weighted by Gasteiger charge is 2.55. The number of nitrogens with two attached hydrogens (primary N) is 3. The second-order valence-electron chi connectivity index (χ2n) is 19.1. The highest BCUT2D eigenvalue weighted by Crippen LogP contribution is 2.68. The third-order valence-corrected chi connectivity index (χ3v) is 17.6. The van der Waals surface area contributed by atoms with Crippen LogP contribution in [0, 0.1) is 5.41 Å². The number of phosphoric acid groups is 4. The van der Waals surface area contributed by atoms with E-state index in [1.165, 1.54) is 43.3 Å². The Bertz CT molecular complexity index is 3700. The number of hydrogen-bond donors (Lipinski definition) is 12. The number of aryl methyl sites for hydroxylation is 1. The standard InChI is InChI=1S/C37H51N15O25P4/c1-37(2,3)34(58)74-22-14(72-32(21(22)55)52-12-49(4)18-28(52)46-36(40)48-30(18)57)7-69-79(61,62)76-81(65,66)77-80(63,64)70-8-15-23(24(67-5)33(73-15)50-10-43-16-25(38)41-9-42-26(16)50)75-78(59,60)68-6-13-19(53)20(54)31(71-13)51-11-44-17-27(51)45-35(39)47-29(17)56/h9-15,19-24,31-33,53-55H,6-8H2,1-5H3,(H11-,38,39,40,41,42,45,46,47,48,56,57,59,60,61,62,63,64,65,66)/p+1/t13-,14-,15-,19-,20-,21-,22-,23-,24-,31-,32-,33-/m1/s1. The lowest BCUT2D eigenvalue weighted by Gasteiger charge is -2.26. The molecular formula is C37H52N15O25P4+. The van der Waals surface area contributed by atoms with Gasteiger partial charge in [-0.2, -0.15) is 13.6 Å². The number of phosphoric ester groups is 3. The number of rotatable bonds is 20. The number of aliphatic hydroxyl groups excluding tert-OH is 3. The largest absolute Gasteiger partial charge is 0.490 e. The van der Waals surface area contributed by atoms with Crippen LogP contribution in [0.3, 0.4) is 0 Å². The predicted molar refractivity (Wildman–Crippen MR) is 262 cm³/mol. The molecule has 3 saturated heterocycles. The summed E-state index contributed by atoms with van der Waals surface area (Å²) >= 11 is 0. The number of aliphatic hydroxyl groups is 3. The van der Waals surface area contributed by atoms with Gasteiger partial charge in [0.25, 0.3) is 17.1 Å². The van der Waals surface area contributed by atoms with Gasteiger partial charge in [-0.1, -0.05) is 4.98 Å². The lowest BCUT2D eigenvalue weighted by Crippen LogP contribution is -2.47. The summed E-state index contributed by atoms with van der Waals surface area (Å²) in [6.45, 7) is 0.947. The van der Waals surface area contributed by atoms with Crippen molar-refractivity contribution in [2.24, 2.45) is 12.5 Å². The second-order valence-corrected chi connectivity index (χ2v) is 25.1. The van der Waals surface area contributed by atoms with Gasteiger partial charge in [0.1, 0.15) is 54.6 Å². The Labute approximate surface area is 451 Å². The van der Waals surface area contributed by atoms with E-state index in [0.717, 1.165) is 35.2 Å². The van der Waals surface area contributed by atoms with Crippen LogP contribution in [0.1, 0.15) is 39.5 Å². The number of nitrogen functional groups attached to an aromatic ring is 3. The van der Waals surface area contributed by atoms with Crippen molar-refractivity contribution in [3.05, 3.63) is 46.0 Å². The number of carbonyl (C=O) groups is 1. The van der Waals surface area contributed by atoms with Crippen molar-refractivity contribution in [2.75, 3.05) is 44.1 Å². The number of nitrogens with one attached hydrogen (secondary N) is 2. The maximum absolute atomic E-state index is 13.7. The van der Waals surface area contributed by atoms with Crippen molar-refractivity contribution in [3.8, 4) is 0 Å². The fourth-order valence-corrected chi connectivity index (χ4v) is 13.2. The van der Waals surface area contributed by atoms with Crippen molar-refractivity contribution in [1.82, 2.24) is 53.6 Å². The molecule has 0 saturated carbocycles. The molecule has 0 radical (unpaired) electrons. The van der Waals surface area contributed by atoms with E-state index in [-0.39, 0.29) is 51.2 Å². The van der Waals surface area contributed by atoms with Gasteiger partial charge in [-0.05, 0) is 20.8 Å². The molecule has 40 nitrogen and oxygen atoms in total. The number of carbonyl (C=O) groups excluding carboxylic acids is 1. The minimum absolute atomic E-state index is 0.00141. The van der Waals surface area contributed by atoms with E-state index in [1.807, 2.05) is 0 Å². The Morgan fingerprint density at radius 3 is 1.91 bits per heavy atom. The summed E-state index contributed by atoms with van der Waals surface area (Å²) in [5, 5.41) is 33.2. The Balaban J connectivity index is 0.882. The van der Waals surface area contributed by atoms with Gasteiger partial charge in [-0.15, -0.1) is 0 Å². The van der Waals surface area contributed by atoms with Gasteiger partial charge in [0.2, 0.25) is 17.7 Å². The van der Waals surface area contributed by atoms with Crippen molar-refractivity contribution in [2.45, 2.75) is 94.4 Å². The van der Waals surface area contributed by atoms with Crippen LogP contribution < -0.4 is 32.9 Å². The zero-order chi connectivity index (χ0) is 59.1. The van der Waals surface area contributed by atoms with Crippen LogP contribution in [0.4, 0.5) is 17.7 Å². The highest BCUT2D eigenvalue weighted by molar-refractivity contribution is 7.66. The molecule has 0 spiro atoms. The minimum atomic E-state index is -6.27. The molecule has 4 unspecified atom stereocenters. The Kier molecular flexibility index (Phi) is 16.4. The molecule has 3 aliphatic rings. The summed E-state index contributed by atoms with van der Waals surface area (Å²) in [4.78, 5) is 110. The molecule has 16 atom stereocenters. The van der Waals surface area contributed by atoms with Crippen molar-refractivity contribution in [3.63, 3.8) is 0 Å². The molecule has 0 amide bonds. The average Bonchev–Trinajstić information content (AvgIpc) is 3.27. The van der Waals surface area contributed by atoms with Crippen LogP contribution in [0.5, 0.6) is 0 Å². The van der Waals surface area contributed by atoms with Crippen LogP contribution >= 0.6 is 31.3 Å². The number of H-pyrrole nitrogens is 2. The van der Waals surface area contributed by atoms with E-state index in [4.69, 9.17) is 59.0 Å². The van der Waals surface area contributed by atoms with E-state index >= 15 is 0 Å². The van der Waals surface area contributed by atoms with Gasteiger partial charge >= 0.3 is 42.9 Å². The topological polar surface area (TPSA) is 568 Å². The summed E-state index contributed by atoms with van der Waals surface area (Å²) in [6.07, 6.45) is -15.8. The number of ether oxygens (including phenoxy) is 5. The van der Waals surface area contributed by atoms with Crippen molar-refractivity contribution >= 4 is 88.5 Å². The van der Waals surface area contributed by atoms with E-state index in [1.54, 1.807) is 0 Å². The first kappa shape index (κ1) is 60.0. The minimum Gasteiger partial charge on any atom is -0.456 e. The second kappa shape index (κ2) is 22.2. The molecular weight excluding hydrogens is 1180 g/mol. The van der Waals surface area contributed by atoms with E-state index < -0.39 is 147 Å². The van der Waals surface area contributed by atoms with Gasteiger partial charge in [0.15, 0.2) is 53.6 Å². The number of hydrogen-bond acceptors (Lipinski definition) is 30. The number of methoxy groups -OCH3 is 1. The Hall–Kier alpha value is -5.64. The zero-order valence-electron chi connectivity index (χ0n) is 42.3. The van der Waals surface area contributed by atoms with Crippen LogP contribution in [-0.2, 0) is 80.5 Å². The number of fused-ring (bicyclic) bond motifs is 3. The zero-order valence-corrected chi connectivity index (χ0v) is 45.9. The van der Waals surface area contributed by atoms with Gasteiger partial charge in [-0.3, -0.25) is 56.1 Å². The van der Waals surface area contributed by atoms with Crippen molar-refractivity contribution in [1.29, 1.82) is 0 Å². The number of esters is 1. The van der Waals surface area contributed by atoms with Gasteiger partial charge in [0.05, 0.1) is 44.9 Å². The molecule has 0 bridgehead atoms. The first-order valence-electron chi connectivity index (χ1n) is 23.3. The lowest BCUT2D eigenvalue weighted by atomic mass is 9.97. The number of aromatic nitrogens is 12. The first-order valence-corrected chi connectivity index (χ1v) is 29.3. The summed E-state index contributed by atoms with van der Waals surface area (Å²) in [5.41, 5.74) is 14.3. The maximum atomic E-state index is 13.7. The average molecular weight is 1230 g/mol. The summed E-state index contributed by atoms with van der Waals surface area (Å²) in [6, 6.07) is 0. The monoisotopic (exact) mass is 1230 g/mol. The predicted octanol–water partition coefficient (Wildman–Crippen LogP) is -3.11. The first-order chi connectivity index (χ1) is 37.8. The summed E-state index contributed by atoms with van der Waals surface area (Å²) < 4.78 is 116. The molecule has 0 aromatic carbocycles. The molecule has 3 aliphatic heterocycles. The van der Waals surface area contributed by atoms with Crippen LogP contribution in [0.15, 0.2) is 34.9 Å². The molecule has 444 valence electrons. The third-order valence-electron chi connectivity index (χ3n) is 12.4. The van der Waals surface area contributed by atoms with Crippen LogP contribution in [0.2, 0.25) is 0 Å². The van der Waals surface area contributed by atoms with Gasteiger partial charge in [-0.25, -0.2) is 42.8 Å². The van der Waals surface area contributed by atoms with Crippen LogP contribution in [-0.4, -0.2) is 176 Å². The van der Waals surface area contributed by atoms with Crippen molar-refractivity contribution < 1.29 is 113 Å². The Morgan fingerprint density at radius 2 is 1.27 bits per heavy atom. The summed E-state index contributed by atoms with van der Waals surface area (Å²) in [5.74, 6) is -1.65. The molecule has 9 rings (SSSR count). The molecule has 44 heteroatoms. The molecule has 81 heavy (non-hydrogen) atoms. The Morgan fingerprint density at radius 1 is 0.704 bits per heavy atom. The number of aromatic amines is 2. The molecule has 6 aromatic heterocycles. The van der Waals surface area contributed by atoms with E-state index in [0.29, 0.717) is 0 Å². The van der Waals surface area contributed by atoms with Gasteiger partial charge in [0, 0.05) is 7.11 Å². The molecule has 15 N–H and O–H groups in total. The third kappa shape index (κ3) is 12.4. The summed E-state index contributed by atoms with van der Waals surface area (Å²) in [7, 11) is -21.2. The maximum Gasteiger partial charge on any atom is 0.490 e. The quantitative estimate of drug-likeness (QED) is 0.0204. The highest BCUT2D eigenvalue weighted by atomic mass is 31.3. The van der Waals surface area contributed by atoms with E-state index in [2.05, 4.69) is 48.5 Å². The fraction of sp³-hybridized carbons (Fsp3) is 0.568. The number of anilines is 3. The molecule has 3 fully saturated rings. The van der Waals surface area contributed by atoms with Crippen LogP contribution in [0.25, 0.3) is 33.5 Å². The molecule has 6 aromatic rings. The van der Waals surface area contributed by atoms with Gasteiger partial charge < -0.3 is 75.8 Å². The number of imidazole rings is 3.